The Labute approximate surface area is 224 Å². The zero-order valence-corrected chi connectivity index (χ0v) is 22.6. The first-order valence-corrected chi connectivity index (χ1v) is 13.0. The second kappa shape index (κ2) is 14.6. The van der Waals surface area contributed by atoms with Crippen LogP contribution in [0.3, 0.4) is 0 Å². The fraction of sp³-hybridized carbons (Fsp3) is 0.312. The van der Waals surface area contributed by atoms with Gasteiger partial charge in [0.05, 0.1) is 12.2 Å². The Kier molecular flexibility index (Phi) is 11.0. The van der Waals surface area contributed by atoms with Crippen LogP contribution in [-0.2, 0) is 0 Å². The van der Waals surface area contributed by atoms with Crippen molar-refractivity contribution >= 4 is 16.9 Å². The van der Waals surface area contributed by atoms with E-state index in [-0.39, 0.29) is 23.7 Å². The molecule has 6 heteroatoms. The minimum Gasteiger partial charge on any atom is -0.489 e. The molecule has 0 saturated heterocycles. The lowest BCUT2D eigenvalue weighted by Gasteiger charge is -2.15. The third kappa shape index (κ3) is 8.23. The lowest BCUT2D eigenvalue weighted by molar-refractivity contribution is 0.0721. The van der Waals surface area contributed by atoms with Crippen molar-refractivity contribution in [3.63, 3.8) is 0 Å². The molecule has 0 aliphatic carbocycles. The van der Waals surface area contributed by atoms with Gasteiger partial charge in [0.15, 0.2) is 5.75 Å². The average Bonchev–Trinajstić information content (AvgIpc) is 2.90. The van der Waals surface area contributed by atoms with E-state index >= 15 is 0 Å². The summed E-state index contributed by atoms with van der Waals surface area (Å²) >= 11 is 0. The predicted octanol–water partition coefficient (Wildman–Crippen LogP) is 7.82. The van der Waals surface area contributed by atoms with Crippen molar-refractivity contribution in [3.05, 3.63) is 100.0 Å². The summed E-state index contributed by atoms with van der Waals surface area (Å²) in [6.45, 7) is 8.91. The van der Waals surface area contributed by atoms with Crippen LogP contribution >= 0.6 is 0 Å². The summed E-state index contributed by atoms with van der Waals surface area (Å²) in [6.07, 6.45) is 11.7. The monoisotopic (exact) mass is 516 g/mol. The van der Waals surface area contributed by atoms with Gasteiger partial charge in [-0.25, -0.2) is 9.59 Å². The van der Waals surface area contributed by atoms with Crippen LogP contribution in [0.1, 0.15) is 63.7 Å². The summed E-state index contributed by atoms with van der Waals surface area (Å²) in [6, 6.07) is 13.6. The fourth-order valence-electron chi connectivity index (χ4n) is 3.72. The first-order valence-electron chi connectivity index (χ1n) is 13.0. The highest BCUT2D eigenvalue weighted by Crippen LogP contribution is 2.39. The molecule has 0 atom stereocenters. The van der Waals surface area contributed by atoms with Crippen LogP contribution < -0.4 is 19.8 Å². The van der Waals surface area contributed by atoms with Gasteiger partial charge in [-0.1, -0.05) is 60.6 Å². The molecule has 200 valence electrons. The molecule has 0 aliphatic heterocycles. The van der Waals surface area contributed by atoms with E-state index < -0.39 is 11.6 Å². The Morgan fingerprint density at radius 2 is 1.68 bits per heavy atom. The van der Waals surface area contributed by atoms with Gasteiger partial charge in [-0.3, -0.25) is 0 Å². The molecule has 0 bridgehead atoms. The van der Waals surface area contributed by atoms with Crippen molar-refractivity contribution in [2.75, 3.05) is 13.2 Å². The van der Waals surface area contributed by atoms with Gasteiger partial charge in [-0.15, -0.1) is 0 Å². The largest absolute Gasteiger partial charge is 0.489 e. The van der Waals surface area contributed by atoms with E-state index in [1.807, 2.05) is 18.2 Å². The number of hydrogen-bond acceptors (Lipinski definition) is 6. The normalized spacial score (nSPS) is 11.5. The number of rotatable bonds is 13. The topological polar surface area (TPSA) is 75.0 Å². The molecule has 0 amide bonds. The third-order valence-electron chi connectivity index (χ3n) is 5.71. The first-order chi connectivity index (χ1) is 18.4. The molecule has 38 heavy (non-hydrogen) atoms. The highest BCUT2D eigenvalue weighted by molar-refractivity contribution is 5.95. The SMILES string of the molecule is CC/C=C/CCOc1c(OC(=O)c2ccccc2)c(=O)oc2cccc(OC/C=C(\C)CCC=C(C)C)c12. The zero-order valence-electron chi connectivity index (χ0n) is 22.6. The van der Waals surface area contributed by atoms with Crippen LogP contribution in [0, 0.1) is 0 Å². The molecule has 0 saturated carbocycles. The van der Waals surface area contributed by atoms with Crippen LogP contribution in [0.15, 0.2) is 93.2 Å². The Hall–Kier alpha value is -4.06. The van der Waals surface area contributed by atoms with Crippen LogP contribution in [-0.4, -0.2) is 19.2 Å². The number of carbonyl (C=O) groups is 1. The van der Waals surface area contributed by atoms with E-state index in [9.17, 15) is 9.59 Å². The first kappa shape index (κ1) is 28.5. The van der Waals surface area contributed by atoms with Gasteiger partial charge in [-0.2, -0.15) is 0 Å². The third-order valence-corrected chi connectivity index (χ3v) is 5.71. The maximum Gasteiger partial charge on any atom is 0.383 e. The minimum atomic E-state index is -0.798. The number of fused-ring (bicyclic) bond motifs is 1. The second-order valence-corrected chi connectivity index (χ2v) is 9.13. The van der Waals surface area contributed by atoms with Crippen molar-refractivity contribution in [2.45, 2.75) is 53.4 Å². The van der Waals surface area contributed by atoms with Gasteiger partial charge in [0.25, 0.3) is 5.75 Å². The van der Waals surface area contributed by atoms with E-state index in [2.05, 4.69) is 33.8 Å². The highest BCUT2D eigenvalue weighted by atomic mass is 16.6. The maximum atomic E-state index is 12.9. The molecule has 0 aliphatic rings. The quantitative estimate of drug-likeness (QED) is 0.0998. The Morgan fingerprint density at radius 3 is 2.42 bits per heavy atom. The molecular formula is C32H36O6. The van der Waals surface area contributed by atoms with Crippen molar-refractivity contribution < 1.29 is 23.4 Å². The zero-order chi connectivity index (χ0) is 27.3. The number of esters is 1. The van der Waals surface area contributed by atoms with Crippen molar-refractivity contribution in [3.8, 4) is 17.2 Å². The van der Waals surface area contributed by atoms with Gasteiger partial charge in [0.1, 0.15) is 23.3 Å². The molecule has 3 rings (SSSR count). The number of carbonyl (C=O) groups excluding carboxylic acids is 1. The Morgan fingerprint density at radius 1 is 0.895 bits per heavy atom. The summed E-state index contributed by atoms with van der Waals surface area (Å²) in [5.41, 5.74) is 2.31. The number of allylic oxidation sites excluding steroid dienone is 4. The summed E-state index contributed by atoms with van der Waals surface area (Å²) in [5.74, 6) is -0.377. The van der Waals surface area contributed by atoms with Gasteiger partial charge >= 0.3 is 11.6 Å². The van der Waals surface area contributed by atoms with Crippen molar-refractivity contribution in [2.24, 2.45) is 0 Å². The summed E-state index contributed by atoms with van der Waals surface area (Å²) in [5, 5.41) is 0.443. The molecule has 6 nitrogen and oxygen atoms in total. The van der Waals surface area contributed by atoms with Crippen LogP contribution in [0.2, 0.25) is 0 Å². The fourth-order valence-corrected chi connectivity index (χ4v) is 3.72. The van der Waals surface area contributed by atoms with Gasteiger partial charge < -0.3 is 18.6 Å². The lowest BCUT2D eigenvalue weighted by Crippen LogP contribution is -2.16. The molecule has 3 aromatic rings. The summed E-state index contributed by atoms with van der Waals surface area (Å²) in [7, 11) is 0. The highest BCUT2D eigenvalue weighted by Gasteiger charge is 2.24. The molecule has 0 unspecified atom stereocenters. The second-order valence-electron chi connectivity index (χ2n) is 9.13. The van der Waals surface area contributed by atoms with E-state index in [0.29, 0.717) is 29.7 Å². The average molecular weight is 517 g/mol. The van der Waals surface area contributed by atoms with Gasteiger partial charge in [0.2, 0.25) is 0 Å². The van der Waals surface area contributed by atoms with E-state index in [1.165, 1.54) is 11.1 Å². The Bertz CT molecular complexity index is 1360. The van der Waals surface area contributed by atoms with Crippen LogP contribution in [0.4, 0.5) is 0 Å². The molecule has 0 N–H and O–H groups in total. The number of hydrogen-bond donors (Lipinski definition) is 0. The maximum absolute atomic E-state index is 12.9. The lowest BCUT2D eigenvalue weighted by atomic mass is 10.1. The summed E-state index contributed by atoms with van der Waals surface area (Å²) < 4.78 is 23.2. The van der Waals surface area contributed by atoms with Crippen molar-refractivity contribution in [1.29, 1.82) is 0 Å². The standard InChI is InChI=1S/C32H36O6/c1-5-6-7-11-21-36-29-28-26(35-22-20-24(4)15-12-14-23(2)3)18-13-19-27(28)37-32(34)30(29)38-31(33)25-16-9-8-10-17-25/h6-10,13-14,16-20H,5,11-12,15,21-22H2,1-4H3/b7-6+,24-20+. The minimum absolute atomic E-state index is 0.130. The molecule has 1 aromatic heterocycles. The van der Waals surface area contributed by atoms with Crippen LogP contribution in [0.5, 0.6) is 17.2 Å². The Balaban J connectivity index is 1.95. The van der Waals surface area contributed by atoms with Crippen molar-refractivity contribution in [1.82, 2.24) is 0 Å². The predicted molar refractivity (Wildman–Crippen MR) is 151 cm³/mol. The molecule has 0 spiro atoms. The van der Waals surface area contributed by atoms with Crippen LogP contribution in [0.25, 0.3) is 11.0 Å². The smallest absolute Gasteiger partial charge is 0.383 e. The molecule has 1 heterocycles. The van der Waals surface area contributed by atoms with Gasteiger partial charge in [0, 0.05) is 0 Å². The van der Waals surface area contributed by atoms with Gasteiger partial charge in [-0.05, 0) is 76.8 Å². The van der Waals surface area contributed by atoms with E-state index in [4.69, 9.17) is 18.6 Å². The summed E-state index contributed by atoms with van der Waals surface area (Å²) in [4.78, 5) is 25.7. The number of benzene rings is 2. The number of ether oxygens (including phenoxy) is 3. The molecular weight excluding hydrogens is 480 g/mol. The van der Waals surface area contributed by atoms with E-state index in [1.54, 1.807) is 48.5 Å². The molecule has 0 radical (unpaired) electrons. The van der Waals surface area contributed by atoms with E-state index in [0.717, 1.165) is 19.3 Å². The molecule has 2 aromatic carbocycles. The molecule has 0 fully saturated rings.